The summed E-state index contributed by atoms with van der Waals surface area (Å²) < 4.78 is 12.6. The van der Waals surface area contributed by atoms with E-state index in [0.29, 0.717) is 18.8 Å². The van der Waals surface area contributed by atoms with Crippen LogP contribution < -0.4 is 14.4 Å². The van der Waals surface area contributed by atoms with Gasteiger partial charge in [0.25, 0.3) is 0 Å². The van der Waals surface area contributed by atoms with Crippen molar-refractivity contribution in [3.63, 3.8) is 0 Å². The van der Waals surface area contributed by atoms with Gasteiger partial charge in [-0.15, -0.1) is 11.3 Å². The Balaban J connectivity index is 1.50. The predicted octanol–water partition coefficient (Wildman–Crippen LogP) is 6.82. The van der Waals surface area contributed by atoms with Gasteiger partial charge in [-0.05, 0) is 49.4 Å². The first-order valence-corrected chi connectivity index (χ1v) is 12.5. The van der Waals surface area contributed by atoms with Crippen LogP contribution in [-0.2, 0) is 0 Å². The van der Waals surface area contributed by atoms with Gasteiger partial charge in [0.1, 0.15) is 34.9 Å². The topological polar surface area (TPSA) is 58.4 Å². The fourth-order valence-electron chi connectivity index (χ4n) is 4.01. The van der Waals surface area contributed by atoms with Crippen molar-refractivity contribution in [1.29, 1.82) is 5.26 Å². The number of para-hydroxylation sites is 1. The Bertz CT molecular complexity index is 1480. The van der Waals surface area contributed by atoms with Gasteiger partial charge in [-0.3, -0.25) is 0 Å². The maximum Gasteiger partial charge on any atom is 0.162 e. The van der Waals surface area contributed by atoms with E-state index in [0.717, 1.165) is 48.7 Å². The molecule has 2 aliphatic rings. The number of rotatable bonds is 3. The third-order valence-electron chi connectivity index (χ3n) is 5.69. The zero-order valence-electron chi connectivity index (χ0n) is 18.3. The molecule has 0 saturated heterocycles. The van der Waals surface area contributed by atoms with Gasteiger partial charge in [-0.25, -0.2) is 4.98 Å². The molecule has 3 aromatic carbocycles. The summed E-state index contributed by atoms with van der Waals surface area (Å²) in [5, 5.41) is 13.9. The molecule has 0 amide bonds. The first kappa shape index (κ1) is 20.8. The average Bonchev–Trinajstić information content (AvgIpc) is 3.50. The molecule has 0 N–H and O–H groups in total. The number of aromatic nitrogens is 1. The normalized spacial score (nSPS) is 16.4. The monoisotopic (exact) mass is 481 g/mol. The Morgan fingerprint density at radius 3 is 2.59 bits per heavy atom. The van der Waals surface area contributed by atoms with Crippen molar-refractivity contribution in [2.45, 2.75) is 6.92 Å². The molecule has 6 rings (SSSR count). The van der Waals surface area contributed by atoms with Crippen LogP contribution in [0.3, 0.4) is 0 Å². The van der Waals surface area contributed by atoms with E-state index in [9.17, 15) is 5.26 Å². The van der Waals surface area contributed by atoms with Crippen molar-refractivity contribution in [1.82, 2.24) is 4.98 Å². The SMILES string of the molecule is Cc1ccc(N2C(c3ccc4c(c3)OCCO4)=CS/C2=C(/C#N)c2nc3ccccc3s2)cc1. The molecule has 0 aliphatic carbocycles. The molecule has 5 nitrogen and oxygen atoms in total. The first-order chi connectivity index (χ1) is 16.7. The van der Waals surface area contributed by atoms with Crippen LogP contribution >= 0.6 is 23.1 Å². The molecule has 0 unspecified atom stereocenters. The lowest BCUT2D eigenvalue weighted by Crippen LogP contribution is -2.18. The highest BCUT2D eigenvalue weighted by Gasteiger charge is 2.30. The highest BCUT2D eigenvalue weighted by Crippen LogP contribution is 2.48. The van der Waals surface area contributed by atoms with Crippen molar-refractivity contribution < 1.29 is 9.47 Å². The second-order valence-corrected chi connectivity index (χ2v) is 9.82. The maximum absolute atomic E-state index is 10.2. The van der Waals surface area contributed by atoms with Gasteiger partial charge in [-0.2, -0.15) is 5.26 Å². The van der Waals surface area contributed by atoms with Crippen LogP contribution in [0.25, 0.3) is 21.5 Å². The van der Waals surface area contributed by atoms with E-state index >= 15 is 0 Å². The summed E-state index contributed by atoms with van der Waals surface area (Å²) in [5.41, 5.74) is 5.61. The van der Waals surface area contributed by atoms with Crippen LogP contribution in [0.2, 0.25) is 0 Å². The number of aryl methyl sites for hydroxylation is 1. The lowest BCUT2D eigenvalue weighted by atomic mass is 10.1. The number of hydrogen-bond donors (Lipinski definition) is 0. The van der Waals surface area contributed by atoms with Crippen molar-refractivity contribution in [2.24, 2.45) is 0 Å². The lowest BCUT2D eigenvalue weighted by Gasteiger charge is -2.26. The Morgan fingerprint density at radius 1 is 1.00 bits per heavy atom. The zero-order valence-corrected chi connectivity index (χ0v) is 20.0. The van der Waals surface area contributed by atoms with Crippen LogP contribution in [0.4, 0.5) is 5.69 Å². The van der Waals surface area contributed by atoms with Gasteiger partial charge in [0.05, 0.1) is 15.9 Å². The Morgan fingerprint density at radius 2 is 1.79 bits per heavy atom. The number of benzene rings is 3. The van der Waals surface area contributed by atoms with E-state index in [2.05, 4.69) is 47.6 Å². The van der Waals surface area contributed by atoms with Crippen LogP contribution in [0.1, 0.15) is 16.1 Å². The summed E-state index contributed by atoms with van der Waals surface area (Å²) >= 11 is 3.08. The molecule has 0 bridgehead atoms. The van der Waals surface area contributed by atoms with Crippen molar-refractivity contribution in [2.75, 3.05) is 18.1 Å². The van der Waals surface area contributed by atoms with E-state index in [-0.39, 0.29) is 0 Å². The molecule has 166 valence electrons. The minimum absolute atomic E-state index is 0.535. The third-order valence-corrected chi connectivity index (χ3v) is 7.69. The minimum atomic E-state index is 0.535. The van der Waals surface area contributed by atoms with Crippen molar-refractivity contribution in [3.05, 3.63) is 93.3 Å². The summed E-state index contributed by atoms with van der Waals surface area (Å²) in [4.78, 5) is 6.90. The number of thioether (sulfide) groups is 1. The molecular formula is C27H19N3O2S2. The average molecular weight is 482 g/mol. The fraction of sp³-hybridized carbons (Fsp3) is 0.111. The number of fused-ring (bicyclic) bond motifs is 2. The lowest BCUT2D eigenvalue weighted by molar-refractivity contribution is 0.171. The van der Waals surface area contributed by atoms with Crippen molar-refractivity contribution in [3.8, 4) is 17.6 Å². The summed E-state index contributed by atoms with van der Waals surface area (Å²) in [6.07, 6.45) is 0. The Labute approximate surface area is 205 Å². The van der Waals surface area contributed by atoms with E-state index in [4.69, 9.17) is 14.5 Å². The number of ether oxygens (including phenoxy) is 2. The summed E-state index contributed by atoms with van der Waals surface area (Å²) in [7, 11) is 0. The molecular weight excluding hydrogens is 462 g/mol. The van der Waals surface area contributed by atoms with Gasteiger partial charge in [0, 0.05) is 16.7 Å². The number of thiazole rings is 1. The quantitative estimate of drug-likeness (QED) is 0.299. The number of allylic oxidation sites excluding steroid dienone is 1. The minimum Gasteiger partial charge on any atom is -0.486 e. The smallest absolute Gasteiger partial charge is 0.162 e. The number of nitriles is 1. The van der Waals surface area contributed by atoms with E-state index in [1.54, 1.807) is 23.1 Å². The van der Waals surface area contributed by atoms with E-state index in [1.165, 1.54) is 5.56 Å². The highest BCUT2D eigenvalue weighted by atomic mass is 32.2. The molecule has 0 atom stereocenters. The number of nitrogens with zero attached hydrogens (tertiary/aromatic N) is 3. The summed E-state index contributed by atoms with van der Waals surface area (Å²) in [5.74, 6) is 1.49. The van der Waals surface area contributed by atoms with Gasteiger partial charge >= 0.3 is 0 Å². The molecule has 7 heteroatoms. The Hall–Kier alpha value is -3.73. The third kappa shape index (κ3) is 3.61. The van der Waals surface area contributed by atoms with E-state index < -0.39 is 0 Å². The second-order valence-electron chi connectivity index (χ2n) is 7.93. The molecule has 1 aromatic heterocycles. The number of anilines is 1. The first-order valence-electron chi connectivity index (χ1n) is 10.9. The standard InChI is InChI=1S/C27H19N3O2S2/c1-17-6-9-19(10-7-17)30-22(18-8-11-23-24(14-18)32-13-12-31-23)16-33-27(30)20(15-28)26-29-21-4-2-3-5-25(21)34-26/h2-11,14,16H,12-13H2,1H3/b27-20-. The molecule has 0 spiro atoms. The van der Waals surface area contributed by atoms with Gasteiger partial charge in [-0.1, -0.05) is 41.6 Å². The van der Waals surface area contributed by atoms with Crippen LogP contribution in [0, 0.1) is 18.3 Å². The van der Waals surface area contributed by atoms with E-state index in [1.807, 2.05) is 42.5 Å². The van der Waals surface area contributed by atoms with Crippen LogP contribution in [0.5, 0.6) is 11.5 Å². The Kier molecular flexibility index (Phi) is 5.25. The molecule has 0 saturated carbocycles. The largest absolute Gasteiger partial charge is 0.486 e. The van der Waals surface area contributed by atoms with Crippen LogP contribution in [-0.4, -0.2) is 18.2 Å². The molecule has 3 heterocycles. The van der Waals surface area contributed by atoms with Gasteiger partial charge in [0.2, 0.25) is 0 Å². The summed E-state index contributed by atoms with van der Waals surface area (Å²) in [6.45, 7) is 3.16. The predicted molar refractivity (Wildman–Crippen MR) is 139 cm³/mol. The molecule has 34 heavy (non-hydrogen) atoms. The molecule has 0 radical (unpaired) electrons. The molecule has 0 fully saturated rings. The summed E-state index contributed by atoms with van der Waals surface area (Å²) in [6, 6.07) is 24.7. The van der Waals surface area contributed by atoms with Gasteiger partial charge in [0.15, 0.2) is 11.5 Å². The van der Waals surface area contributed by atoms with Crippen LogP contribution in [0.15, 0.2) is 77.2 Å². The maximum atomic E-state index is 10.2. The molecule has 4 aromatic rings. The fourth-order valence-corrected chi connectivity index (χ4v) is 6.07. The van der Waals surface area contributed by atoms with Gasteiger partial charge < -0.3 is 14.4 Å². The number of hydrogen-bond acceptors (Lipinski definition) is 7. The highest BCUT2D eigenvalue weighted by molar-refractivity contribution is 8.06. The van der Waals surface area contributed by atoms with Crippen molar-refractivity contribution >= 4 is 50.3 Å². The molecule has 2 aliphatic heterocycles. The second kappa shape index (κ2) is 8.56. The zero-order chi connectivity index (χ0) is 23.1.